The zero-order chi connectivity index (χ0) is 9.40. The molecule has 0 amide bonds. The molecule has 0 saturated carbocycles. The van der Waals surface area contributed by atoms with Crippen LogP contribution in [0.1, 0.15) is 20.3 Å². The van der Waals surface area contributed by atoms with Crippen molar-refractivity contribution in [2.24, 2.45) is 5.73 Å². The van der Waals surface area contributed by atoms with Gasteiger partial charge in [-0.1, -0.05) is 6.92 Å². The van der Waals surface area contributed by atoms with E-state index in [1.165, 1.54) is 0 Å². The molecular weight excluding hydrogens is 158 g/mol. The second-order valence-electron chi connectivity index (χ2n) is 2.57. The minimum Gasteiger partial charge on any atom is -0.462 e. The fraction of sp³-hybridized carbons (Fsp3) is 0.875. The molecular formula is C8H17NO3. The minimum atomic E-state index is -0.545. The summed E-state index contributed by atoms with van der Waals surface area (Å²) in [5, 5.41) is 0. The Morgan fingerprint density at radius 2 is 2.08 bits per heavy atom. The Labute approximate surface area is 73.0 Å². The van der Waals surface area contributed by atoms with Crippen LogP contribution >= 0.6 is 0 Å². The van der Waals surface area contributed by atoms with Gasteiger partial charge in [0.25, 0.3) is 0 Å². The maximum atomic E-state index is 10.8. The summed E-state index contributed by atoms with van der Waals surface area (Å²) in [5.74, 6) is -0.380. The summed E-state index contributed by atoms with van der Waals surface area (Å²) in [4.78, 5) is 10.8. The Balaban J connectivity index is 3.14. The van der Waals surface area contributed by atoms with Gasteiger partial charge in [0.15, 0.2) is 0 Å². The summed E-state index contributed by atoms with van der Waals surface area (Å²) in [6.07, 6.45) is 0.973. The molecule has 4 heteroatoms. The minimum absolute atomic E-state index is 0.292. The number of hydrogen-bond acceptors (Lipinski definition) is 4. The highest BCUT2D eigenvalue weighted by molar-refractivity contribution is 5.74. The Morgan fingerprint density at radius 1 is 1.42 bits per heavy atom. The molecule has 1 unspecified atom stereocenters. The fourth-order valence-electron chi connectivity index (χ4n) is 0.579. The fourth-order valence-corrected chi connectivity index (χ4v) is 0.579. The lowest BCUT2D eigenvalue weighted by atomic mass is 10.4. The van der Waals surface area contributed by atoms with Crippen molar-refractivity contribution in [2.75, 3.05) is 19.8 Å². The zero-order valence-corrected chi connectivity index (χ0v) is 7.71. The molecule has 0 heterocycles. The molecule has 4 nitrogen and oxygen atoms in total. The normalized spacial score (nSPS) is 12.6. The molecule has 0 rings (SSSR count). The summed E-state index contributed by atoms with van der Waals surface area (Å²) >= 11 is 0. The molecule has 0 aromatic rings. The van der Waals surface area contributed by atoms with Crippen molar-refractivity contribution in [3.05, 3.63) is 0 Å². The highest BCUT2D eigenvalue weighted by Gasteiger charge is 2.07. The molecule has 0 spiro atoms. The lowest BCUT2D eigenvalue weighted by Crippen LogP contribution is -2.29. The van der Waals surface area contributed by atoms with Crippen LogP contribution in [0.5, 0.6) is 0 Å². The van der Waals surface area contributed by atoms with Gasteiger partial charge in [-0.2, -0.15) is 0 Å². The number of carbonyl (C=O) groups excluding carboxylic acids is 1. The second-order valence-corrected chi connectivity index (χ2v) is 2.57. The number of rotatable bonds is 6. The predicted octanol–water partition coefficient (Wildman–Crippen LogP) is 0.303. The molecule has 0 aromatic carbocycles. The smallest absolute Gasteiger partial charge is 0.322 e. The molecule has 12 heavy (non-hydrogen) atoms. The summed E-state index contributed by atoms with van der Waals surface area (Å²) in [6.45, 7) is 5.06. The SMILES string of the molecule is CCCOCCOC(=O)C(C)N. The lowest BCUT2D eigenvalue weighted by Gasteiger charge is -2.06. The highest BCUT2D eigenvalue weighted by atomic mass is 16.6. The first-order valence-electron chi connectivity index (χ1n) is 4.18. The van der Waals surface area contributed by atoms with Gasteiger partial charge in [-0.3, -0.25) is 4.79 Å². The molecule has 0 aliphatic carbocycles. The number of hydrogen-bond donors (Lipinski definition) is 1. The number of esters is 1. The monoisotopic (exact) mass is 175 g/mol. The van der Waals surface area contributed by atoms with Gasteiger partial charge in [0, 0.05) is 6.61 Å². The summed E-state index contributed by atoms with van der Waals surface area (Å²) < 4.78 is 9.86. The van der Waals surface area contributed by atoms with Crippen LogP contribution < -0.4 is 5.73 Å². The molecule has 2 N–H and O–H groups in total. The Kier molecular flexibility index (Phi) is 6.70. The summed E-state index contributed by atoms with van der Waals surface area (Å²) in [6, 6.07) is -0.545. The predicted molar refractivity (Wildman–Crippen MR) is 45.7 cm³/mol. The van der Waals surface area contributed by atoms with E-state index in [-0.39, 0.29) is 5.97 Å². The third-order valence-electron chi connectivity index (χ3n) is 1.19. The van der Waals surface area contributed by atoms with Crippen LogP contribution in [-0.2, 0) is 14.3 Å². The second kappa shape index (κ2) is 7.06. The first-order valence-corrected chi connectivity index (χ1v) is 4.18. The molecule has 0 aromatic heterocycles. The number of nitrogens with two attached hydrogens (primary N) is 1. The average molecular weight is 175 g/mol. The van der Waals surface area contributed by atoms with Crippen molar-refractivity contribution in [1.82, 2.24) is 0 Å². The van der Waals surface area contributed by atoms with Gasteiger partial charge in [-0.15, -0.1) is 0 Å². The van der Waals surface area contributed by atoms with Crippen LogP contribution in [0, 0.1) is 0 Å². The van der Waals surface area contributed by atoms with E-state index < -0.39 is 6.04 Å². The quantitative estimate of drug-likeness (QED) is 0.466. The standard InChI is InChI=1S/C8H17NO3/c1-3-4-11-5-6-12-8(10)7(2)9/h7H,3-6,9H2,1-2H3. The first-order chi connectivity index (χ1) is 5.68. The van der Waals surface area contributed by atoms with E-state index in [0.29, 0.717) is 19.8 Å². The van der Waals surface area contributed by atoms with Gasteiger partial charge >= 0.3 is 5.97 Å². The van der Waals surface area contributed by atoms with Crippen molar-refractivity contribution in [2.45, 2.75) is 26.3 Å². The maximum absolute atomic E-state index is 10.8. The molecule has 0 aliphatic heterocycles. The summed E-state index contributed by atoms with van der Waals surface area (Å²) in [5.41, 5.74) is 5.26. The summed E-state index contributed by atoms with van der Waals surface area (Å²) in [7, 11) is 0. The highest BCUT2D eigenvalue weighted by Crippen LogP contribution is 1.85. The largest absolute Gasteiger partial charge is 0.462 e. The van der Waals surface area contributed by atoms with Crippen molar-refractivity contribution >= 4 is 5.97 Å². The van der Waals surface area contributed by atoms with E-state index in [1.807, 2.05) is 6.92 Å². The van der Waals surface area contributed by atoms with Gasteiger partial charge in [0.1, 0.15) is 12.6 Å². The van der Waals surface area contributed by atoms with Crippen molar-refractivity contribution in [3.8, 4) is 0 Å². The van der Waals surface area contributed by atoms with Gasteiger partial charge in [0.2, 0.25) is 0 Å². The van der Waals surface area contributed by atoms with Crippen molar-refractivity contribution in [1.29, 1.82) is 0 Å². The molecule has 1 atom stereocenters. The van der Waals surface area contributed by atoms with Gasteiger partial charge in [-0.05, 0) is 13.3 Å². The number of ether oxygens (including phenoxy) is 2. The van der Waals surface area contributed by atoms with Crippen molar-refractivity contribution < 1.29 is 14.3 Å². The number of carbonyl (C=O) groups is 1. The Hall–Kier alpha value is -0.610. The topological polar surface area (TPSA) is 61.5 Å². The zero-order valence-electron chi connectivity index (χ0n) is 7.71. The molecule has 0 saturated heterocycles. The molecule has 0 radical (unpaired) electrons. The van der Waals surface area contributed by atoms with Crippen LogP contribution in [0.3, 0.4) is 0 Å². The van der Waals surface area contributed by atoms with E-state index in [0.717, 1.165) is 6.42 Å². The van der Waals surface area contributed by atoms with Gasteiger partial charge < -0.3 is 15.2 Å². The van der Waals surface area contributed by atoms with E-state index in [9.17, 15) is 4.79 Å². The van der Waals surface area contributed by atoms with Crippen LogP contribution in [0.15, 0.2) is 0 Å². The molecule has 0 aliphatic rings. The third kappa shape index (κ3) is 6.12. The molecule has 0 bridgehead atoms. The molecule has 72 valence electrons. The van der Waals surface area contributed by atoms with Crippen LogP contribution in [0.4, 0.5) is 0 Å². The molecule has 0 fully saturated rings. The van der Waals surface area contributed by atoms with Gasteiger partial charge in [-0.25, -0.2) is 0 Å². The van der Waals surface area contributed by atoms with Crippen LogP contribution in [0.2, 0.25) is 0 Å². The van der Waals surface area contributed by atoms with E-state index in [1.54, 1.807) is 6.92 Å². The Bertz CT molecular complexity index is 125. The van der Waals surface area contributed by atoms with E-state index in [2.05, 4.69) is 0 Å². The lowest BCUT2D eigenvalue weighted by molar-refractivity contribution is -0.146. The average Bonchev–Trinajstić information content (AvgIpc) is 2.03. The van der Waals surface area contributed by atoms with Crippen molar-refractivity contribution in [3.63, 3.8) is 0 Å². The van der Waals surface area contributed by atoms with Crippen LogP contribution in [0.25, 0.3) is 0 Å². The first kappa shape index (κ1) is 11.4. The Morgan fingerprint density at radius 3 is 2.58 bits per heavy atom. The van der Waals surface area contributed by atoms with Crippen LogP contribution in [-0.4, -0.2) is 31.8 Å². The third-order valence-corrected chi connectivity index (χ3v) is 1.19. The van der Waals surface area contributed by atoms with E-state index in [4.69, 9.17) is 15.2 Å². The maximum Gasteiger partial charge on any atom is 0.322 e. The van der Waals surface area contributed by atoms with Gasteiger partial charge in [0.05, 0.1) is 6.61 Å². The van der Waals surface area contributed by atoms with E-state index >= 15 is 0 Å².